The van der Waals surface area contributed by atoms with Crippen molar-refractivity contribution in [3.63, 3.8) is 0 Å². The van der Waals surface area contributed by atoms with Crippen LogP contribution in [-0.4, -0.2) is 47.0 Å². The summed E-state index contributed by atoms with van der Waals surface area (Å²) in [6.45, 7) is 3.19. The van der Waals surface area contributed by atoms with Gasteiger partial charge in [0.25, 0.3) is 5.91 Å². The molecule has 1 spiro atoms. The SMILES string of the molecule is O=C(c1sccc1F)N1CCCC2(CCCN(c3ncccn3)C2)C1. The van der Waals surface area contributed by atoms with Crippen molar-refractivity contribution >= 4 is 23.2 Å². The van der Waals surface area contributed by atoms with E-state index in [9.17, 15) is 9.18 Å². The standard InChI is InChI=1S/C18H21FN4OS/c19-14-4-11-25-15(14)16(24)22-9-1-5-18(12-22)6-2-10-23(13-18)17-20-7-3-8-21-17/h3-4,7-8,11H,1-2,5-6,9-10,12-13H2. The summed E-state index contributed by atoms with van der Waals surface area (Å²) in [5.74, 6) is 0.187. The highest BCUT2D eigenvalue weighted by Crippen LogP contribution is 2.39. The fraction of sp³-hybridized carbons (Fsp3) is 0.500. The Kier molecular flexibility index (Phi) is 4.41. The van der Waals surface area contributed by atoms with Crippen LogP contribution in [0.5, 0.6) is 0 Å². The number of carbonyl (C=O) groups is 1. The molecular formula is C18H21FN4OS. The van der Waals surface area contributed by atoms with Gasteiger partial charge in [0.15, 0.2) is 0 Å². The highest BCUT2D eigenvalue weighted by atomic mass is 32.1. The van der Waals surface area contributed by atoms with Crippen LogP contribution in [0, 0.1) is 11.2 Å². The number of halogens is 1. The summed E-state index contributed by atoms with van der Waals surface area (Å²) in [6, 6.07) is 3.19. The fourth-order valence-electron chi connectivity index (χ4n) is 4.14. The molecule has 4 rings (SSSR count). The summed E-state index contributed by atoms with van der Waals surface area (Å²) in [4.78, 5) is 25.8. The number of hydrogen-bond donors (Lipinski definition) is 0. The predicted molar refractivity (Wildman–Crippen MR) is 95.3 cm³/mol. The summed E-state index contributed by atoms with van der Waals surface area (Å²) < 4.78 is 13.8. The summed E-state index contributed by atoms with van der Waals surface area (Å²) in [6.07, 6.45) is 7.73. The van der Waals surface area contributed by atoms with Crippen molar-refractivity contribution in [3.05, 3.63) is 40.6 Å². The van der Waals surface area contributed by atoms with Gasteiger partial charge in [-0.25, -0.2) is 14.4 Å². The smallest absolute Gasteiger partial charge is 0.266 e. The van der Waals surface area contributed by atoms with E-state index in [1.54, 1.807) is 17.8 Å². The van der Waals surface area contributed by atoms with Crippen LogP contribution in [0.15, 0.2) is 29.9 Å². The summed E-state index contributed by atoms with van der Waals surface area (Å²) in [5.41, 5.74) is 0.0547. The molecule has 2 fully saturated rings. The van der Waals surface area contributed by atoms with Crippen LogP contribution in [0.25, 0.3) is 0 Å². The Balaban J connectivity index is 1.51. The number of carbonyl (C=O) groups excluding carboxylic acids is 1. The van der Waals surface area contributed by atoms with Crippen LogP contribution in [0.3, 0.4) is 0 Å². The van der Waals surface area contributed by atoms with Gasteiger partial charge in [-0.05, 0) is 43.2 Å². The largest absolute Gasteiger partial charge is 0.340 e. The van der Waals surface area contributed by atoms with Gasteiger partial charge in [0.1, 0.15) is 10.7 Å². The summed E-state index contributed by atoms with van der Waals surface area (Å²) in [5, 5.41) is 1.64. The molecule has 1 atom stereocenters. The first-order valence-electron chi connectivity index (χ1n) is 8.71. The molecule has 0 saturated carbocycles. The zero-order chi connectivity index (χ0) is 17.3. The molecule has 5 nitrogen and oxygen atoms in total. The first-order valence-corrected chi connectivity index (χ1v) is 9.59. The van der Waals surface area contributed by atoms with Crippen LogP contribution in [0.4, 0.5) is 10.3 Å². The lowest BCUT2D eigenvalue weighted by Gasteiger charge is -2.48. The van der Waals surface area contributed by atoms with Crippen LogP contribution in [0.2, 0.25) is 0 Å². The van der Waals surface area contributed by atoms with Crippen molar-refractivity contribution in [2.24, 2.45) is 5.41 Å². The van der Waals surface area contributed by atoms with E-state index in [2.05, 4.69) is 14.9 Å². The molecule has 1 amide bonds. The molecule has 4 heterocycles. The van der Waals surface area contributed by atoms with Gasteiger partial charge in [-0.2, -0.15) is 0 Å². The van der Waals surface area contributed by atoms with Gasteiger partial charge in [-0.15, -0.1) is 11.3 Å². The van der Waals surface area contributed by atoms with Gasteiger partial charge in [0.2, 0.25) is 5.95 Å². The monoisotopic (exact) mass is 360 g/mol. The molecule has 0 aromatic carbocycles. The van der Waals surface area contributed by atoms with Gasteiger partial charge in [-0.3, -0.25) is 4.79 Å². The fourth-order valence-corrected chi connectivity index (χ4v) is 4.87. The Bertz CT molecular complexity index is 749. The van der Waals surface area contributed by atoms with Crippen LogP contribution in [-0.2, 0) is 0 Å². The molecule has 25 heavy (non-hydrogen) atoms. The number of nitrogens with zero attached hydrogens (tertiary/aromatic N) is 4. The third-order valence-electron chi connectivity index (χ3n) is 5.26. The lowest BCUT2D eigenvalue weighted by atomic mass is 9.73. The topological polar surface area (TPSA) is 49.3 Å². The van der Waals surface area contributed by atoms with E-state index in [0.717, 1.165) is 44.7 Å². The number of likely N-dealkylation sites (tertiary alicyclic amines) is 1. The number of hydrogen-bond acceptors (Lipinski definition) is 5. The van der Waals surface area contributed by atoms with Crippen molar-refractivity contribution in [2.75, 3.05) is 31.1 Å². The third-order valence-corrected chi connectivity index (χ3v) is 6.13. The van der Waals surface area contributed by atoms with Crippen LogP contribution < -0.4 is 4.90 Å². The lowest BCUT2D eigenvalue weighted by molar-refractivity contribution is 0.0466. The third kappa shape index (κ3) is 3.25. The highest BCUT2D eigenvalue weighted by Gasteiger charge is 2.41. The normalized spacial score (nSPS) is 23.9. The van der Waals surface area contributed by atoms with Gasteiger partial charge in [0, 0.05) is 44.0 Å². The van der Waals surface area contributed by atoms with E-state index >= 15 is 0 Å². The number of piperidine rings is 2. The van der Waals surface area contributed by atoms with E-state index in [0.29, 0.717) is 13.1 Å². The van der Waals surface area contributed by atoms with E-state index in [4.69, 9.17) is 0 Å². The van der Waals surface area contributed by atoms with Crippen molar-refractivity contribution in [1.29, 1.82) is 0 Å². The minimum Gasteiger partial charge on any atom is -0.340 e. The maximum Gasteiger partial charge on any atom is 0.266 e. The molecule has 0 radical (unpaired) electrons. The molecule has 2 aromatic heterocycles. The Labute approximate surface area is 150 Å². The molecule has 0 bridgehead atoms. The van der Waals surface area contributed by atoms with Crippen LogP contribution >= 0.6 is 11.3 Å². The molecule has 7 heteroatoms. The Morgan fingerprint density at radius 2 is 1.92 bits per heavy atom. The van der Waals surface area contributed by atoms with E-state index in [-0.39, 0.29) is 16.2 Å². The quantitative estimate of drug-likeness (QED) is 0.825. The maximum absolute atomic E-state index is 13.8. The number of amides is 1. The molecule has 0 N–H and O–H groups in total. The Hall–Kier alpha value is -2.02. The zero-order valence-electron chi connectivity index (χ0n) is 14.0. The second-order valence-corrected chi connectivity index (χ2v) is 7.92. The maximum atomic E-state index is 13.8. The van der Waals surface area contributed by atoms with E-state index in [1.807, 2.05) is 11.0 Å². The molecule has 2 aliphatic heterocycles. The molecule has 2 aromatic rings. The number of thiophene rings is 1. The minimum atomic E-state index is -0.405. The van der Waals surface area contributed by atoms with E-state index < -0.39 is 5.82 Å². The molecule has 2 aliphatic rings. The molecule has 2 saturated heterocycles. The van der Waals surface area contributed by atoms with Crippen molar-refractivity contribution in [2.45, 2.75) is 25.7 Å². The molecule has 1 unspecified atom stereocenters. The molecular weight excluding hydrogens is 339 g/mol. The summed E-state index contributed by atoms with van der Waals surface area (Å²) in [7, 11) is 0. The second-order valence-electron chi connectivity index (χ2n) is 7.00. The second kappa shape index (κ2) is 6.71. The van der Waals surface area contributed by atoms with Crippen molar-refractivity contribution in [1.82, 2.24) is 14.9 Å². The predicted octanol–water partition coefficient (Wildman–Crippen LogP) is 3.20. The van der Waals surface area contributed by atoms with Gasteiger partial charge in [-0.1, -0.05) is 0 Å². The molecule has 132 valence electrons. The number of anilines is 1. The first-order chi connectivity index (χ1) is 12.2. The number of rotatable bonds is 2. The average molecular weight is 360 g/mol. The molecule has 0 aliphatic carbocycles. The number of aromatic nitrogens is 2. The van der Waals surface area contributed by atoms with Gasteiger partial charge >= 0.3 is 0 Å². The van der Waals surface area contributed by atoms with Crippen molar-refractivity contribution < 1.29 is 9.18 Å². The average Bonchev–Trinajstić information content (AvgIpc) is 3.08. The lowest BCUT2D eigenvalue weighted by Crippen LogP contribution is -2.54. The van der Waals surface area contributed by atoms with Gasteiger partial charge < -0.3 is 9.80 Å². The Morgan fingerprint density at radius 1 is 1.16 bits per heavy atom. The van der Waals surface area contributed by atoms with E-state index in [1.165, 1.54) is 17.4 Å². The zero-order valence-corrected chi connectivity index (χ0v) is 14.8. The Morgan fingerprint density at radius 3 is 2.64 bits per heavy atom. The van der Waals surface area contributed by atoms with Crippen molar-refractivity contribution in [3.8, 4) is 0 Å². The first kappa shape index (κ1) is 16.4. The van der Waals surface area contributed by atoms with Gasteiger partial charge in [0.05, 0.1) is 0 Å². The summed E-state index contributed by atoms with van der Waals surface area (Å²) >= 11 is 1.19. The van der Waals surface area contributed by atoms with Crippen LogP contribution in [0.1, 0.15) is 35.4 Å². The highest BCUT2D eigenvalue weighted by molar-refractivity contribution is 7.12. The minimum absolute atomic E-state index is 0.0547.